The van der Waals surface area contributed by atoms with E-state index in [0.29, 0.717) is 10.9 Å². The van der Waals surface area contributed by atoms with Gasteiger partial charge in [0.2, 0.25) is 0 Å². The average Bonchev–Trinajstić information content (AvgIpc) is 2.61. The van der Waals surface area contributed by atoms with Crippen molar-refractivity contribution in [2.45, 2.75) is 6.61 Å². The van der Waals surface area contributed by atoms with Crippen LogP contribution in [0.4, 0.5) is 8.78 Å². The Hall–Kier alpha value is -2.11. The van der Waals surface area contributed by atoms with Crippen molar-refractivity contribution in [2.24, 2.45) is 0 Å². The maximum atomic E-state index is 12.1. The average molecular weight is 227 g/mol. The van der Waals surface area contributed by atoms with Crippen molar-refractivity contribution in [3.8, 4) is 5.75 Å². The summed E-state index contributed by atoms with van der Waals surface area (Å²) in [6, 6.07) is 5.70. The van der Waals surface area contributed by atoms with Crippen LogP contribution < -0.4 is 4.74 Å². The maximum absolute atomic E-state index is 12.1. The third-order valence-electron chi connectivity index (χ3n) is 2.07. The largest absolute Gasteiger partial charge is 0.477 e. The van der Waals surface area contributed by atoms with Gasteiger partial charge >= 0.3 is 12.6 Å². The fourth-order valence-electron chi connectivity index (χ4n) is 1.44. The van der Waals surface area contributed by atoms with Gasteiger partial charge in [-0.1, -0.05) is 6.07 Å². The highest BCUT2D eigenvalue weighted by Crippen LogP contribution is 2.27. The summed E-state index contributed by atoms with van der Waals surface area (Å²) >= 11 is 0. The normalized spacial score (nSPS) is 10.9. The molecule has 0 aliphatic heterocycles. The highest BCUT2D eigenvalue weighted by Gasteiger charge is 2.13. The molecule has 0 spiro atoms. The van der Waals surface area contributed by atoms with Crippen LogP contribution in [0, 0.1) is 0 Å². The summed E-state index contributed by atoms with van der Waals surface area (Å²) in [7, 11) is 0. The maximum Gasteiger partial charge on any atom is 0.387 e. The fraction of sp³-hybridized carbons (Fsp3) is 0.100. The molecule has 6 heteroatoms. The molecule has 84 valence electrons. The van der Waals surface area contributed by atoms with Gasteiger partial charge in [-0.15, -0.1) is 0 Å². The SMILES string of the molecule is O=C(O)c1cc2c(OC(F)F)cccc2[nH]1. The van der Waals surface area contributed by atoms with E-state index in [9.17, 15) is 13.6 Å². The second-order valence-corrected chi connectivity index (χ2v) is 3.08. The molecule has 0 bridgehead atoms. The van der Waals surface area contributed by atoms with E-state index < -0.39 is 12.6 Å². The summed E-state index contributed by atoms with van der Waals surface area (Å²) in [5.74, 6) is -1.20. The summed E-state index contributed by atoms with van der Waals surface area (Å²) in [6.45, 7) is -2.94. The topological polar surface area (TPSA) is 62.3 Å². The van der Waals surface area contributed by atoms with Crippen molar-refractivity contribution in [2.75, 3.05) is 0 Å². The smallest absolute Gasteiger partial charge is 0.387 e. The number of ether oxygens (including phenoxy) is 1. The molecule has 0 amide bonds. The molecule has 0 fully saturated rings. The Labute approximate surface area is 88.5 Å². The van der Waals surface area contributed by atoms with E-state index in [1.165, 1.54) is 18.2 Å². The van der Waals surface area contributed by atoms with Crippen LogP contribution in [0.2, 0.25) is 0 Å². The van der Waals surface area contributed by atoms with E-state index in [1.54, 1.807) is 6.07 Å². The number of hydrogen-bond donors (Lipinski definition) is 2. The van der Waals surface area contributed by atoms with Crippen LogP contribution in [0.5, 0.6) is 5.75 Å². The van der Waals surface area contributed by atoms with Gasteiger partial charge in [-0.25, -0.2) is 4.79 Å². The van der Waals surface area contributed by atoms with E-state index in [-0.39, 0.29) is 11.4 Å². The zero-order chi connectivity index (χ0) is 11.7. The number of aromatic nitrogens is 1. The van der Waals surface area contributed by atoms with Gasteiger partial charge in [0.15, 0.2) is 0 Å². The predicted octanol–water partition coefficient (Wildman–Crippen LogP) is 2.47. The lowest BCUT2D eigenvalue weighted by Gasteiger charge is -2.04. The molecule has 1 aromatic heterocycles. The Morgan fingerprint density at radius 2 is 2.19 bits per heavy atom. The number of halogens is 2. The number of aromatic amines is 1. The number of alkyl halides is 2. The van der Waals surface area contributed by atoms with Gasteiger partial charge in [0.05, 0.1) is 0 Å². The molecule has 4 nitrogen and oxygen atoms in total. The van der Waals surface area contributed by atoms with Gasteiger partial charge in [0.1, 0.15) is 11.4 Å². The van der Waals surface area contributed by atoms with Gasteiger partial charge < -0.3 is 14.8 Å². The van der Waals surface area contributed by atoms with Crippen molar-refractivity contribution in [1.29, 1.82) is 0 Å². The zero-order valence-corrected chi connectivity index (χ0v) is 7.91. The quantitative estimate of drug-likeness (QED) is 0.846. The molecule has 1 aromatic carbocycles. The molecule has 0 saturated heterocycles. The first-order valence-electron chi connectivity index (χ1n) is 4.38. The van der Waals surface area contributed by atoms with Crippen molar-refractivity contribution >= 4 is 16.9 Å². The molecule has 0 unspecified atom stereocenters. The number of rotatable bonds is 3. The molecule has 2 N–H and O–H groups in total. The third-order valence-corrected chi connectivity index (χ3v) is 2.07. The van der Waals surface area contributed by atoms with Crippen LogP contribution in [-0.4, -0.2) is 22.7 Å². The summed E-state index contributed by atoms with van der Waals surface area (Å²) in [5.41, 5.74) is 0.371. The lowest BCUT2D eigenvalue weighted by Crippen LogP contribution is -2.01. The monoisotopic (exact) mass is 227 g/mol. The molecular weight excluding hydrogens is 220 g/mol. The molecule has 2 rings (SSSR count). The van der Waals surface area contributed by atoms with E-state index in [1.807, 2.05) is 0 Å². The first-order chi connectivity index (χ1) is 7.58. The van der Waals surface area contributed by atoms with Crippen LogP contribution in [0.15, 0.2) is 24.3 Å². The molecular formula is C10H7F2NO3. The van der Waals surface area contributed by atoms with Crippen LogP contribution in [0.3, 0.4) is 0 Å². The Morgan fingerprint density at radius 1 is 1.44 bits per heavy atom. The third kappa shape index (κ3) is 1.81. The van der Waals surface area contributed by atoms with Crippen LogP contribution >= 0.6 is 0 Å². The van der Waals surface area contributed by atoms with Crippen LogP contribution in [0.1, 0.15) is 10.5 Å². The van der Waals surface area contributed by atoms with Crippen molar-refractivity contribution in [1.82, 2.24) is 4.98 Å². The highest BCUT2D eigenvalue weighted by molar-refractivity contribution is 5.96. The number of nitrogens with one attached hydrogen (secondary N) is 1. The molecule has 2 aromatic rings. The van der Waals surface area contributed by atoms with Crippen molar-refractivity contribution in [3.05, 3.63) is 30.0 Å². The Balaban J connectivity index is 2.54. The minimum atomic E-state index is -2.94. The Kier molecular flexibility index (Phi) is 2.47. The summed E-state index contributed by atoms with van der Waals surface area (Å²) < 4.78 is 28.4. The standard InChI is InChI=1S/C10H7F2NO3/c11-10(12)16-8-3-1-2-6-5(8)4-7(13-6)9(14)15/h1-4,10,13H,(H,14,15). The van der Waals surface area contributed by atoms with E-state index >= 15 is 0 Å². The molecule has 0 radical (unpaired) electrons. The predicted molar refractivity (Wildman–Crippen MR) is 51.9 cm³/mol. The number of carboxylic acids is 1. The molecule has 1 heterocycles. The second kappa shape index (κ2) is 3.80. The number of hydrogen-bond acceptors (Lipinski definition) is 2. The van der Waals surface area contributed by atoms with Gasteiger partial charge in [-0.2, -0.15) is 8.78 Å². The van der Waals surface area contributed by atoms with Crippen molar-refractivity contribution in [3.63, 3.8) is 0 Å². The zero-order valence-electron chi connectivity index (χ0n) is 7.91. The number of fused-ring (bicyclic) bond motifs is 1. The number of aromatic carboxylic acids is 1. The second-order valence-electron chi connectivity index (χ2n) is 3.08. The fourth-order valence-corrected chi connectivity index (χ4v) is 1.44. The first-order valence-corrected chi connectivity index (χ1v) is 4.38. The van der Waals surface area contributed by atoms with Gasteiger partial charge in [0.25, 0.3) is 0 Å². The van der Waals surface area contributed by atoms with Crippen molar-refractivity contribution < 1.29 is 23.4 Å². The summed E-state index contributed by atoms with van der Waals surface area (Å²) in [4.78, 5) is 13.3. The van der Waals surface area contributed by atoms with Gasteiger partial charge in [0, 0.05) is 10.9 Å². The number of H-pyrrole nitrogens is 1. The number of carbonyl (C=O) groups is 1. The molecule has 0 atom stereocenters. The number of benzene rings is 1. The van der Waals surface area contributed by atoms with Gasteiger partial charge in [-0.3, -0.25) is 0 Å². The number of carboxylic acid groups (broad SMARTS) is 1. The lowest BCUT2D eigenvalue weighted by molar-refractivity contribution is -0.0487. The van der Waals surface area contributed by atoms with E-state index in [4.69, 9.17) is 5.11 Å². The summed E-state index contributed by atoms with van der Waals surface area (Å²) in [5, 5.41) is 9.06. The van der Waals surface area contributed by atoms with Crippen LogP contribution in [-0.2, 0) is 0 Å². The molecule has 0 aliphatic rings. The Morgan fingerprint density at radius 3 is 2.81 bits per heavy atom. The molecule has 0 aliphatic carbocycles. The minimum absolute atomic E-state index is 0.0451. The van der Waals surface area contributed by atoms with E-state index in [0.717, 1.165) is 0 Å². The first kappa shape index (κ1) is 10.4. The van der Waals surface area contributed by atoms with Gasteiger partial charge in [-0.05, 0) is 18.2 Å². The van der Waals surface area contributed by atoms with Crippen LogP contribution in [0.25, 0.3) is 10.9 Å². The summed E-state index contributed by atoms with van der Waals surface area (Å²) in [6.07, 6.45) is 0. The highest BCUT2D eigenvalue weighted by atomic mass is 19.3. The lowest BCUT2D eigenvalue weighted by atomic mass is 10.2. The van der Waals surface area contributed by atoms with E-state index in [2.05, 4.69) is 9.72 Å². The molecule has 16 heavy (non-hydrogen) atoms. The Bertz CT molecular complexity index is 536. The minimum Gasteiger partial charge on any atom is -0.477 e. The molecule has 0 saturated carbocycles.